The first kappa shape index (κ1) is 15.3. The molecule has 0 aromatic heterocycles. The highest BCUT2D eigenvalue weighted by Crippen LogP contribution is 2.05. The Morgan fingerprint density at radius 2 is 2.00 bits per heavy atom. The van der Waals surface area contributed by atoms with E-state index in [1.807, 2.05) is 0 Å². The van der Waals surface area contributed by atoms with Crippen molar-refractivity contribution >= 4 is 16.0 Å². The quantitative estimate of drug-likeness (QED) is 0.604. The molecule has 0 aromatic rings. The largest absolute Gasteiger partial charge is 0.469 e. The molecular formula is C9H19NO5S. The third kappa shape index (κ3) is 6.76. The first-order valence-corrected chi connectivity index (χ1v) is 6.57. The number of esters is 1. The number of sulfonamides is 1. The van der Waals surface area contributed by atoms with Crippen molar-refractivity contribution in [2.45, 2.75) is 32.2 Å². The van der Waals surface area contributed by atoms with Crippen LogP contribution in [0.3, 0.4) is 0 Å². The van der Waals surface area contributed by atoms with Crippen molar-refractivity contribution in [3.8, 4) is 0 Å². The molecule has 0 saturated heterocycles. The number of nitrogens with one attached hydrogen (secondary N) is 1. The second-order valence-corrected chi connectivity index (χ2v) is 5.98. The van der Waals surface area contributed by atoms with Gasteiger partial charge in [-0.1, -0.05) is 0 Å². The van der Waals surface area contributed by atoms with E-state index >= 15 is 0 Å². The van der Waals surface area contributed by atoms with Crippen LogP contribution >= 0.6 is 0 Å². The molecule has 0 heterocycles. The lowest BCUT2D eigenvalue weighted by Gasteiger charge is -2.22. The van der Waals surface area contributed by atoms with Crippen LogP contribution in [0.25, 0.3) is 0 Å². The Balaban J connectivity index is 4.12. The maximum atomic E-state index is 11.5. The summed E-state index contributed by atoms with van der Waals surface area (Å²) in [5.74, 6) is -0.595. The lowest BCUT2D eigenvalue weighted by molar-refractivity contribution is -0.140. The van der Waals surface area contributed by atoms with Crippen LogP contribution in [-0.2, 0) is 19.6 Å². The molecule has 0 aromatic carbocycles. The minimum atomic E-state index is -3.47. The number of carbonyl (C=O) groups excluding carboxylic acids is 1. The smallest absolute Gasteiger partial charge is 0.305 e. The minimum absolute atomic E-state index is 0.0664. The lowest BCUT2D eigenvalue weighted by Crippen LogP contribution is -2.47. The number of methoxy groups -OCH3 is 1. The van der Waals surface area contributed by atoms with Crippen LogP contribution in [0.4, 0.5) is 0 Å². The van der Waals surface area contributed by atoms with E-state index in [9.17, 15) is 13.2 Å². The standard InChI is InChI=1S/C9H19NO5S/c1-9(2,7-11)10-16(13,14)6-4-5-8(12)15-3/h10-11H,4-7H2,1-3H3. The number of hydrogen-bond acceptors (Lipinski definition) is 5. The third-order valence-corrected chi connectivity index (χ3v) is 3.54. The fraction of sp³-hybridized carbons (Fsp3) is 0.889. The Kier molecular flexibility index (Phi) is 5.91. The molecule has 0 fully saturated rings. The zero-order valence-electron chi connectivity index (χ0n) is 9.82. The predicted molar refractivity (Wildman–Crippen MR) is 59.3 cm³/mol. The Bertz CT molecular complexity index is 323. The first-order valence-electron chi connectivity index (χ1n) is 4.92. The van der Waals surface area contributed by atoms with Gasteiger partial charge in [-0.05, 0) is 20.3 Å². The van der Waals surface area contributed by atoms with Crippen LogP contribution in [0.15, 0.2) is 0 Å². The normalized spacial score (nSPS) is 12.5. The van der Waals surface area contributed by atoms with Gasteiger partial charge in [-0.15, -0.1) is 0 Å². The summed E-state index contributed by atoms with van der Waals surface area (Å²) >= 11 is 0. The third-order valence-electron chi connectivity index (χ3n) is 1.85. The molecule has 0 rings (SSSR count). The average Bonchev–Trinajstić information content (AvgIpc) is 2.15. The molecule has 0 aliphatic rings. The van der Waals surface area contributed by atoms with Crippen LogP contribution in [0.5, 0.6) is 0 Å². The monoisotopic (exact) mass is 253 g/mol. The van der Waals surface area contributed by atoms with E-state index < -0.39 is 21.5 Å². The number of aliphatic hydroxyl groups excluding tert-OH is 1. The van der Waals surface area contributed by atoms with Crippen LogP contribution in [0, 0.1) is 0 Å². The maximum absolute atomic E-state index is 11.5. The molecule has 16 heavy (non-hydrogen) atoms. The van der Waals surface area contributed by atoms with Crippen molar-refractivity contribution in [1.29, 1.82) is 0 Å². The van der Waals surface area contributed by atoms with Crippen molar-refractivity contribution < 1.29 is 23.1 Å². The van der Waals surface area contributed by atoms with Gasteiger partial charge in [-0.25, -0.2) is 13.1 Å². The summed E-state index contributed by atoms with van der Waals surface area (Å²) < 4.78 is 29.7. The maximum Gasteiger partial charge on any atom is 0.305 e. The topological polar surface area (TPSA) is 92.7 Å². The number of rotatable bonds is 7. The molecule has 96 valence electrons. The number of aliphatic hydroxyl groups is 1. The van der Waals surface area contributed by atoms with E-state index in [0.717, 1.165) is 0 Å². The molecule has 2 N–H and O–H groups in total. The van der Waals surface area contributed by atoms with Crippen LogP contribution in [0.2, 0.25) is 0 Å². The van der Waals surface area contributed by atoms with Gasteiger partial charge in [-0.3, -0.25) is 4.79 Å². The van der Waals surface area contributed by atoms with Gasteiger partial charge in [0.05, 0.1) is 25.0 Å². The minimum Gasteiger partial charge on any atom is -0.469 e. The van der Waals surface area contributed by atoms with Gasteiger partial charge < -0.3 is 9.84 Å². The molecule has 0 unspecified atom stereocenters. The van der Waals surface area contributed by atoms with Crippen molar-refractivity contribution in [2.24, 2.45) is 0 Å². The predicted octanol–water partition coefficient (Wildman–Crippen LogP) is -0.370. The van der Waals surface area contributed by atoms with Crippen LogP contribution in [0.1, 0.15) is 26.7 Å². The Hall–Kier alpha value is -0.660. The molecule has 0 radical (unpaired) electrons. The molecule has 0 spiro atoms. The number of ether oxygens (including phenoxy) is 1. The summed E-state index contributed by atoms with van der Waals surface area (Å²) in [4.78, 5) is 10.8. The van der Waals surface area contributed by atoms with Crippen molar-refractivity contribution in [3.05, 3.63) is 0 Å². The molecule has 0 saturated carbocycles. The van der Waals surface area contributed by atoms with Gasteiger partial charge in [0.2, 0.25) is 10.0 Å². The first-order chi connectivity index (χ1) is 7.22. The molecule has 7 heteroatoms. The van der Waals surface area contributed by atoms with E-state index in [4.69, 9.17) is 5.11 Å². The molecule has 6 nitrogen and oxygen atoms in total. The Labute approximate surface area is 96.0 Å². The van der Waals surface area contributed by atoms with Gasteiger partial charge in [-0.2, -0.15) is 0 Å². The SMILES string of the molecule is COC(=O)CCCS(=O)(=O)NC(C)(C)CO. The summed E-state index contributed by atoms with van der Waals surface area (Å²) in [5, 5.41) is 8.91. The fourth-order valence-electron chi connectivity index (χ4n) is 1.01. The van der Waals surface area contributed by atoms with Crippen LogP contribution in [-0.4, -0.2) is 44.5 Å². The fourth-order valence-corrected chi connectivity index (χ4v) is 2.55. The van der Waals surface area contributed by atoms with Gasteiger partial charge in [0.15, 0.2) is 0 Å². The summed E-state index contributed by atoms with van der Waals surface area (Å²) in [5.41, 5.74) is -0.885. The van der Waals surface area contributed by atoms with Crippen LogP contribution < -0.4 is 4.72 Å². The summed E-state index contributed by atoms with van der Waals surface area (Å²) in [7, 11) is -2.22. The Morgan fingerprint density at radius 3 is 2.44 bits per heavy atom. The summed E-state index contributed by atoms with van der Waals surface area (Å²) in [6.45, 7) is 2.86. The molecule has 0 amide bonds. The highest BCUT2D eigenvalue weighted by atomic mass is 32.2. The van der Waals surface area contributed by atoms with Gasteiger partial charge in [0.25, 0.3) is 0 Å². The molecule has 0 aliphatic heterocycles. The molecular weight excluding hydrogens is 234 g/mol. The Morgan fingerprint density at radius 1 is 1.44 bits per heavy atom. The second kappa shape index (κ2) is 6.17. The molecule has 0 bridgehead atoms. The highest BCUT2D eigenvalue weighted by molar-refractivity contribution is 7.89. The summed E-state index contributed by atoms with van der Waals surface area (Å²) in [6.07, 6.45) is 0.264. The summed E-state index contributed by atoms with van der Waals surface area (Å²) in [6, 6.07) is 0. The van der Waals surface area contributed by atoms with E-state index in [0.29, 0.717) is 0 Å². The van der Waals surface area contributed by atoms with Gasteiger partial charge in [0, 0.05) is 6.42 Å². The van der Waals surface area contributed by atoms with Crippen molar-refractivity contribution in [3.63, 3.8) is 0 Å². The number of carbonyl (C=O) groups is 1. The molecule has 0 aliphatic carbocycles. The zero-order valence-corrected chi connectivity index (χ0v) is 10.6. The van der Waals surface area contributed by atoms with Crippen molar-refractivity contribution in [1.82, 2.24) is 4.72 Å². The number of hydrogen-bond donors (Lipinski definition) is 2. The zero-order chi connectivity index (χ0) is 12.8. The van der Waals surface area contributed by atoms with Gasteiger partial charge >= 0.3 is 5.97 Å². The van der Waals surface area contributed by atoms with E-state index in [1.54, 1.807) is 13.8 Å². The average molecular weight is 253 g/mol. The van der Waals surface area contributed by atoms with E-state index in [1.165, 1.54) is 7.11 Å². The molecule has 0 atom stereocenters. The van der Waals surface area contributed by atoms with E-state index in [2.05, 4.69) is 9.46 Å². The van der Waals surface area contributed by atoms with E-state index in [-0.39, 0.29) is 25.2 Å². The lowest BCUT2D eigenvalue weighted by atomic mass is 10.1. The van der Waals surface area contributed by atoms with Gasteiger partial charge in [0.1, 0.15) is 0 Å². The second-order valence-electron chi connectivity index (χ2n) is 4.14. The van der Waals surface area contributed by atoms with Crippen molar-refractivity contribution in [2.75, 3.05) is 19.5 Å². The highest BCUT2D eigenvalue weighted by Gasteiger charge is 2.23.